The number of amides is 1. The van der Waals surface area contributed by atoms with Crippen LogP contribution in [0.3, 0.4) is 0 Å². The number of esters is 1. The molecule has 2 heterocycles. The lowest BCUT2D eigenvalue weighted by Gasteiger charge is -2.33. The van der Waals surface area contributed by atoms with Gasteiger partial charge in [0.2, 0.25) is 5.91 Å². The molecule has 0 saturated carbocycles. The van der Waals surface area contributed by atoms with Crippen LogP contribution in [0.25, 0.3) is 22.2 Å². The fourth-order valence-electron chi connectivity index (χ4n) is 3.93. The quantitative estimate of drug-likeness (QED) is 0.485. The average Bonchev–Trinajstić information content (AvgIpc) is 3.16. The van der Waals surface area contributed by atoms with E-state index >= 15 is 0 Å². The van der Waals surface area contributed by atoms with Gasteiger partial charge in [0.25, 0.3) is 0 Å². The van der Waals surface area contributed by atoms with Gasteiger partial charge in [0, 0.05) is 24.0 Å². The Morgan fingerprint density at radius 1 is 1.10 bits per heavy atom. The van der Waals surface area contributed by atoms with Crippen molar-refractivity contribution in [3.8, 4) is 11.3 Å². The summed E-state index contributed by atoms with van der Waals surface area (Å²) in [6, 6.07) is 16.6. The number of H-pyrrole nitrogens is 1. The Hall–Kier alpha value is -3.45. The van der Waals surface area contributed by atoms with Gasteiger partial charge in [-0.2, -0.15) is 0 Å². The zero-order valence-electron chi connectivity index (χ0n) is 16.7. The summed E-state index contributed by atoms with van der Waals surface area (Å²) in [5.74, 6) is -0.843. The van der Waals surface area contributed by atoms with Gasteiger partial charge in [-0.15, -0.1) is 0 Å². The lowest BCUT2D eigenvalue weighted by molar-refractivity contribution is -0.145. The van der Waals surface area contributed by atoms with E-state index in [9.17, 15) is 14.4 Å². The minimum absolute atomic E-state index is 0.0385. The molecule has 0 aliphatic carbocycles. The summed E-state index contributed by atoms with van der Waals surface area (Å²) >= 11 is 0. The summed E-state index contributed by atoms with van der Waals surface area (Å²) in [6.07, 6.45) is -0.0883. The minimum atomic E-state index is -0.722. The number of Topliss-reactive ketones (excluding diaryl/α,β-unsaturated/α-hetero) is 1. The third-order valence-corrected chi connectivity index (χ3v) is 5.42. The molecule has 2 N–H and O–H groups in total. The number of carbonyl (C=O) groups is 3. The fourth-order valence-corrected chi connectivity index (χ4v) is 3.93. The Morgan fingerprint density at radius 3 is 2.60 bits per heavy atom. The molecule has 1 saturated heterocycles. The lowest BCUT2D eigenvalue weighted by Crippen LogP contribution is -2.57. The van der Waals surface area contributed by atoms with Crippen LogP contribution >= 0.6 is 0 Å². The molecule has 1 aromatic heterocycles. The maximum Gasteiger partial charge on any atom is 0.307 e. The molecule has 2 aromatic carbocycles. The number of aromatic nitrogens is 1. The molecule has 7 nitrogen and oxygen atoms in total. The summed E-state index contributed by atoms with van der Waals surface area (Å²) in [7, 11) is 1.29. The maximum absolute atomic E-state index is 13.5. The first-order valence-electron chi connectivity index (χ1n) is 9.86. The van der Waals surface area contributed by atoms with E-state index in [4.69, 9.17) is 4.74 Å². The van der Waals surface area contributed by atoms with Gasteiger partial charge in [-0.25, -0.2) is 0 Å². The van der Waals surface area contributed by atoms with Gasteiger partial charge in [-0.1, -0.05) is 48.5 Å². The summed E-state index contributed by atoms with van der Waals surface area (Å²) in [5, 5.41) is 3.60. The summed E-state index contributed by atoms with van der Waals surface area (Å²) in [4.78, 5) is 42.7. The molecule has 3 aromatic rings. The second-order valence-corrected chi connectivity index (χ2v) is 7.27. The number of ether oxygens (including phenoxy) is 1. The van der Waals surface area contributed by atoms with E-state index in [1.165, 1.54) is 7.11 Å². The zero-order valence-corrected chi connectivity index (χ0v) is 16.7. The largest absolute Gasteiger partial charge is 0.469 e. The smallest absolute Gasteiger partial charge is 0.307 e. The first kappa shape index (κ1) is 19.8. The fraction of sp³-hybridized carbons (Fsp3) is 0.261. The number of carbonyl (C=O) groups excluding carboxylic acids is 3. The number of aromatic amines is 1. The summed E-state index contributed by atoms with van der Waals surface area (Å²) in [5.41, 5.74) is 3.15. The SMILES string of the molecule is COC(=O)CC1C(=O)NCCN1CC(=O)c1c(-c2ccccc2)[nH]c2ccccc12. The highest BCUT2D eigenvalue weighted by atomic mass is 16.5. The number of para-hydroxylation sites is 1. The van der Waals surface area contributed by atoms with Crippen molar-refractivity contribution in [2.24, 2.45) is 0 Å². The molecule has 0 radical (unpaired) electrons. The number of piperazine rings is 1. The third-order valence-electron chi connectivity index (χ3n) is 5.42. The van der Waals surface area contributed by atoms with Crippen molar-refractivity contribution in [1.29, 1.82) is 0 Å². The van der Waals surface area contributed by atoms with Gasteiger partial charge >= 0.3 is 5.97 Å². The van der Waals surface area contributed by atoms with E-state index in [2.05, 4.69) is 10.3 Å². The summed E-state index contributed by atoms with van der Waals surface area (Å²) in [6.45, 7) is 0.960. The van der Waals surface area contributed by atoms with Crippen molar-refractivity contribution in [3.05, 3.63) is 60.2 Å². The zero-order chi connectivity index (χ0) is 21.1. The van der Waals surface area contributed by atoms with E-state index in [-0.39, 0.29) is 24.7 Å². The van der Waals surface area contributed by atoms with Gasteiger partial charge in [0.05, 0.1) is 31.3 Å². The lowest BCUT2D eigenvalue weighted by atomic mass is 10.00. The van der Waals surface area contributed by atoms with Gasteiger partial charge in [0.1, 0.15) is 6.04 Å². The normalized spacial score (nSPS) is 17.0. The van der Waals surface area contributed by atoms with Gasteiger partial charge in [0.15, 0.2) is 5.78 Å². The first-order valence-corrected chi connectivity index (χ1v) is 9.86. The van der Waals surface area contributed by atoms with E-state index in [1.54, 1.807) is 4.90 Å². The molecular weight excluding hydrogens is 382 g/mol. The van der Waals surface area contributed by atoms with Gasteiger partial charge < -0.3 is 15.0 Å². The molecular formula is C23H23N3O4. The number of fused-ring (bicyclic) bond motifs is 1. The molecule has 7 heteroatoms. The predicted molar refractivity (Wildman–Crippen MR) is 113 cm³/mol. The second kappa shape index (κ2) is 8.51. The Morgan fingerprint density at radius 2 is 1.83 bits per heavy atom. The van der Waals surface area contributed by atoms with Crippen LogP contribution in [0.5, 0.6) is 0 Å². The van der Waals surface area contributed by atoms with Gasteiger partial charge in [-0.3, -0.25) is 19.3 Å². The van der Waals surface area contributed by atoms with Crippen LogP contribution in [0.15, 0.2) is 54.6 Å². The van der Waals surface area contributed by atoms with E-state index in [1.807, 2.05) is 54.6 Å². The number of ketones is 1. The van der Waals surface area contributed by atoms with Crippen LogP contribution in [-0.4, -0.2) is 60.3 Å². The predicted octanol–water partition coefficient (Wildman–Crippen LogP) is 2.38. The number of hydrogen-bond donors (Lipinski definition) is 2. The standard InChI is InChI=1S/C23H23N3O4/c1-30-20(28)13-18-23(29)24-11-12-26(18)14-19(27)21-16-9-5-6-10-17(16)25-22(21)15-7-3-2-4-8-15/h2-10,18,25H,11-14H2,1H3,(H,24,29). The maximum atomic E-state index is 13.5. The number of nitrogens with one attached hydrogen (secondary N) is 2. The molecule has 154 valence electrons. The van der Waals surface area contributed by atoms with Crippen molar-refractivity contribution < 1.29 is 19.1 Å². The second-order valence-electron chi connectivity index (χ2n) is 7.27. The van der Waals surface area contributed by atoms with Crippen molar-refractivity contribution >= 4 is 28.6 Å². The first-order chi connectivity index (χ1) is 14.6. The number of benzene rings is 2. The molecule has 30 heavy (non-hydrogen) atoms. The number of nitrogens with zero attached hydrogens (tertiary/aromatic N) is 1. The Labute approximate surface area is 174 Å². The molecule has 1 fully saturated rings. The van der Waals surface area contributed by atoms with Gasteiger partial charge in [-0.05, 0) is 11.6 Å². The molecule has 1 aliphatic heterocycles. The van der Waals surface area contributed by atoms with E-state index in [0.29, 0.717) is 18.7 Å². The van der Waals surface area contributed by atoms with Crippen LogP contribution < -0.4 is 5.32 Å². The summed E-state index contributed by atoms with van der Waals surface area (Å²) < 4.78 is 4.73. The molecule has 1 amide bonds. The molecule has 1 atom stereocenters. The average molecular weight is 405 g/mol. The molecule has 1 aliphatic rings. The minimum Gasteiger partial charge on any atom is -0.469 e. The Bertz CT molecular complexity index is 1090. The monoisotopic (exact) mass is 405 g/mol. The highest BCUT2D eigenvalue weighted by Crippen LogP contribution is 2.31. The molecule has 0 bridgehead atoms. The van der Waals surface area contributed by atoms with E-state index < -0.39 is 12.0 Å². The number of rotatable bonds is 6. The number of methoxy groups -OCH3 is 1. The van der Waals surface area contributed by atoms with Crippen molar-refractivity contribution in [1.82, 2.24) is 15.2 Å². The van der Waals surface area contributed by atoms with Crippen LogP contribution in [0.1, 0.15) is 16.8 Å². The van der Waals surface area contributed by atoms with Crippen molar-refractivity contribution in [2.75, 3.05) is 26.7 Å². The Kier molecular flexibility index (Phi) is 5.63. The van der Waals surface area contributed by atoms with Crippen LogP contribution in [-0.2, 0) is 14.3 Å². The topological polar surface area (TPSA) is 91.5 Å². The van der Waals surface area contributed by atoms with Crippen LogP contribution in [0, 0.1) is 0 Å². The highest BCUT2D eigenvalue weighted by Gasteiger charge is 2.34. The van der Waals surface area contributed by atoms with Crippen LogP contribution in [0.2, 0.25) is 0 Å². The molecule has 0 spiro atoms. The van der Waals surface area contributed by atoms with Crippen molar-refractivity contribution in [2.45, 2.75) is 12.5 Å². The highest BCUT2D eigenvalue weighted by molar-refractivity contribution is 6.14. The van der Waals surface area contributed by atoms with Crippen LogP contribution in [0.4, 0.5) is 0 Å². The van der Waals surface area contributed by atoms with E-state index in [0.717, 1.165) is 22.2 Å². The van der Waals surface area contributed by atoms with Crippen molar-refractivity contribution in [3.63, 3.8) is 0 Å². The third kappa shape index (κ3) is 3.84. The Balaban J connectivity index is 1.69. The number of hydrogen-bond acceptors (Lipinski definition) is 5. The molecule has 4 rings (SSSR count). The molecule has 1 unspecified atom stereocenters.